The Morgan fingerprint density at radius 2 is 1.70 bits per heavy atom. The van der Waals surface area contributed by atoms with E-state index in [1.165, 1.54) is 0 Å². The minimum Gasteiger partial charge on any atom is -0.351 e. The van der Waals surface area contributed by atoms with Crippen molar-refractivity contribution in [1.82, 2.24) is 10.3 Å². The number of hydrogen-bond acceptors (Lipinski definition) is 2. The Kier molecular flexibility index (Phi) is 4.18. The first-order valence-electron chi connectivity index (χ1n) is 6.75. The van der Waals surface area contributed by atoms with Crippen LogP contribution in [0.1, 0.15) is 37.9 Å². The average molecular weight is 268 g/mol. The molecule has 0 aliphatic heterocycles. The van der Waals surface area contributed by atoms with Gasteiger partial charge in [0.05, 0.1) is 5.69 Å². The first kappa shape index (κ1) is 14.3. The predicted molar refractivity (Wildman–Crippen MR) is 80.4 cm³/mol. The summed E-state index contributed by atoms with van der Waals surface area (Å²) in [7, 11) is 0. The third-order valence-electron chi connectivity index (χ3n) is 2.88. The van der Waals surface area contributed by atoms with E-state index in [2.05, 4.69) is 10.3 Å². The molecular formula is C17H20N2O. The summed E-state index contributed by atoms with van der Waals surface area (Å²) in [5.41, 5.74) is 1.45. The molecule has 1 N–H and O–H groups in total. The number of pyridine rings is 1. The smallest absolute Gasteiger partial charge is 0.234 e. The van der Waals surface area contributed by atoms with Crippen LogP contribution in [0.4, 0.5) is 0 Å². The van der Waals surface area contributed by atoms with Gasteiger partial charge in [-0.05, 0) is 38.5 Å². The second-order valence-corrected chi connectivity index (χ2v) is 5.84. The van der Waals surface area contributed by atoms with Crippen molar-refractivity contribution in [2.45, 2.75) is 32.2 Å². The number of nitrogens with zero attached hydrogens (tertiary/aromatic N) is 1. The molecule has 0 radical (unpaired) electrons. The van der Waals surface area contributed by atoms with Gasteiger partial charge in [0.1, 0.15) is 5.92 Å². The van der Waals surface area contributed by atoms with E-state index in [4.69, 9.17) is 0 Å². The van der Waals surface area contributed by atoms with Gasteiger partial charge in [-0.25, -0.2) is 0 Å². The van der Waals surface area contributed by atoms with Crippen molar-refractivity contribution in [3.63, 3.8) is 0 Å². The lowest BCUT2D eigenvalue weighted by atomic mass is 9.93. The van der Waals surface area contributed by atoms with E-state index >= 15 is 0 Å². The molecule has 2 rings (SSSR count). The van der Waals surface area contributed by atoms with Gasteiger partial charge < -0.3 is 5.32 Å². The first-order valence-corrected chi connectivity index (χ1v) is 6.75. The molecule has 1 amide bonds. The van der Waals surface area contributed by atoms with Crippen LogP contribution < -0.4 is 5.32 Å². The van der Waals surface area contributed by atoms with Crippen molar-refractivity contribution >= 4 is 5.91 Å². The van der Waals surface area contributed by atoms with Gasteiger partial charge in [-0.1, -0.05) is 36.4 Å². The molecule has 104 valence electrons. The minimum atomic E-state index is -0.378. The zero-order chi connectivity index (χ0) is 14.6. The predicted octanol–water partition coefficient (Wildman–Crippen LogP) is 3.13. The molecule has 1 unspecified atom stereocenters. The topological polar surface area (TPSA) is 42.0 Å². The Bertz CT molecular complexity index is 519. The number of carbonyl (C=O) groups is 1. The van der Waals surface area contributed by atoms with Crippen LogP contribution in [0.5, 0.6) is 0 Å². The number of nitrogens with one attached hydrogen (secondary N) is 1. The Labute approximate surface area is 120 Å². The van der Waals surface area contributed by atoms with Crippen molar-refractivity contribution in [2.75, 3.05) is 0 Å². The lowest BCUT2D eigenvalue weighted by Gasteiger charge is -2.25. The molecule has 0 aliphatic rings. The van der Waals surface area contributed by atoms with Crippen LogP contribution in [0.3, 0.4) is 0 Å². The zero-order valence-electron chi connectivity index (χ0n) is 12.1. The molecule has 0 saturated heterocycles. The van der Waals surface area contributed by atoms with Crippen LogP contribution in [0.25, 0.3) is 0 Å². The molecule has 1 aromatic heterocycles. The summed E-state index contributed by atoms with van der Waals surface area (Å²) in [4.78, 5) is 17.0. The average Bonchev–Trinajstić information content (AvgIpc) is 2.39. The molecule has 1 aromatic carbocycles. The van der Waals surface area contributed by atoms with Crippen molar-refractivity contribution in [3.05, 3.63) is 66.0 Å². The number of amides is 1. The maximum absolute atomic E-state index is 12.6. The summed E-state index contributed by atoms with van der Waals surface area (Å²) in [5.74, 6) is -0.404. The summed E-state index contributed by atoms with van der Waals surface area (Å²) in [5, 5.41) is 3.04. The number of hydrogen-bond donors (Lipinski definition) is 1. The Hall–Kier alpha value is -2.16. The van der Waals surface area contributed by atoms with E-state index in [1.54, 1.807) is 6.20 Å². The largest absolute Gasteiger partial charge is 0.351 e. The second-order valence-electron chi connectivity index (χ2n) is 5.84. The van der Waals surface area contributed by atoms with E-state index in [-0.39, 0.29) is 17.4 Å². The van der Waals surface area contributed by atoms with Gasteiger partial charge >= 0.3 is 0 Å². The summed E-state index contributed by atoms with van der Waals surface area (Å²) in [6.07, 6.45) is 1.72. The van der Waals surface area contributed by atoms with E-state index in [0.29, 0.717) is 0 Å². The Balaban J connectivity index is 2.38. The molecule has 2 aromatic rings. The fraction of sp³-hybridized carbons (Fsp3) is 0.294. The van der Waals surface area contributed by atoms with Gasteiger partial charge in [0.25, 0.3) is 0 Å². The van der Waals surface area contributed by atoms with Gasteiger partial charge in [0.15, 0.2) is 0 Å². The third-order valence-corrected chi connectivity index (χ3v) is 2.88. The fourth-order valence-corrected chi connectivity index (χ4v) is 2.09. The number of carbonyl (C=O) groups excluding carboxylic acids is 1. The molecule has 0 aliphatic carbocycles. The number of rotatable bonds is 3. The molecule has 20 heavy (non-hydrogen) atoms. The van der Waals surface area contributed by atoms with Gasteiger partial charge in [-0.2, -0.15) is 0 Å². The van der Waals surface area contributed by atoms with Gasteiger partial charge in [-0.15, -0.1) is 0 Å². The number of aromatic nitrogens is 1. The molecular weight excluding hydrogens is 248 g/mol. The van der Waals surface area contributed by atoms with E-state index in [0.717, 1.165) is 11.3 Å². The molecule has 3 nitrogen and oxygen atoms in total. The summed E-state index contributed by atoms with van der Waals surface area (Å²) < 4.78 is 0. The van der Waals surface area contributed by atoms with Crippen molar-refractivity contribution < 1.29 is 4.79 Å². The van der Waals surface area contributed by atoms with Crippen molar-refractivity contribution in [3.8, 4) is 0 Å². The van der Waals surface area contributed by atoms with Crippen LogP contribution >= 0.6 is 0 Å². The molecule has 3 heteroatoms. The van der Waals surface area contributed by atoms with Crippen LogP contribution in [0.2, 0.25) is 0 Å². The highest BCUT2D eigenvalue weighted by molar-refractivity contribution is 5.87. The highest BCUT2D eigenvalue weighted by atomic mass is 16.2. The summed E-state index contributed by atoms with van der Waals surface area (Å²) in [6.45, 7) is 5.93. The molecule has 1 atom stereocenters. The molecule has 0 spiro atoms. The lowest BCUT2D eigenvalue weighted by Crippen LogP contribution is -2.43. The molecule has 0 fully saturated rings. The van der Waals surface area contributed by atoms with Crippen LogP contribution in [-0.2, 0) is 4.79 Å². The van der Waals surface area contributed by atoms with Crippen LogP contribution in [0, 0.1) is 0 Å². The summed E-state index contributed by atoms with van der Waals surface area (Å²) in [6, 6.07) is 15.4. The zero-order valence-corrected chi connectivity index (χ0v) is 12.1. The normalized spacial score (nSPS) is 12.8. The van der Waals surface area contributed by atoms with Crippen molar-refractivity contribution in [2.24, 2.45) is 0 Å². The SMILES string of the molecule is CC(C)(C)NC(=O)C(c1ccccc1)c1ccccn1. The van der Waals surface area contributed by atoms with E-state index < -0.39 is 0 Å². The highest BCUT2D eigenvalue weighted by Gasteiger charge is 2.26. The minimum absolute atomic E-state index is 0.0256. The van der Waals surface area contributed by atoms with Crippen LogP contribution in [-0.4, -0.2) is 16.4 Å². The van der Waals surface area contributed by atoms with E-state index in [9.17, 15) is 4.79 Å². The Morgan fingerprint density at radius 3 is 2.25 bits per heavy atom. The number of benzene rings is 1. The fourth-order valence-electron chi connectivity index (χ4n) is 2.09. The Morgan fingerprint density at radius 1 is 1.05 bits per heavy atom. The summed E-state index contributed by atoms with van der Waals surface area (Å²) >= 11 is 0. The van der Waals surface area contributed by atoms with Crippen molar-refractivity contribution in [1.29, 1.82) is 0 Å². The first-order chi connectivity index (χ1) is 9.47. The maximum atomic E-state index is 12.6. The molecule has 0 bridgehead atoms. The molecule has 0 saturated carbocycles. The van der Waals surface area contributed by atoms with Gasteiger partial charge in [0, 0.05) is 11.7 Å². The molecule has 1 heterocycles. The van der Waals surface area contributed by atoms with Gasteiger partial charge in [0.2, 0.25) is 5.91 Å². The second kappa shape index (κ2) is 5.87. The lowest BCUT2D eigenvalue weighted by molar-refractivity contribution is -0.123. The monoisotopic (exact) mass is 268 g/mol. The standard InChI is InChI=1S/C17H20N2O/c1-17(2,3)19-16(20)15(13-9-5-4-6-10-13)14-11-7-8-12-18-14/h4-12,15H,1-3H3,(H,19,20). The maximum Gasteiger partial charge on any atom is 0.234 e. The van der Waals surface area contributed by atoms with Gasteiger partial charge in [-0.3, -0.25) is 9.78 Å². The van der Waals surface area contributed by atoms with Crippen LogP contribution in [0.15, 0.2) is 54.7 Å². The van der Waals surface area contributed by atoms with E-state index in [1.807, 2.05) is 69.3 Å². The highest BCUT2D eigenvalue weighted by Crippen LogP contribution is 2.23. The quantitative estimate of drug-likeness (QED) is 0.929. The third kappa shape index (κ3) is 3.67.